The van der Waals surface area contributed by atoms with Gasteiger partial charge in [-0.3, -0.25) is 9.59 Å². The van der Waals surface area contributed by atoms with Gasteiger partial charge >= 0.3 is 0 Å². The smallest absolute Gasteiger partial charge is 0.270 e. The first-order chi connectivity index (χ1) is 9.56. The maximum atomic E-state index is 11.8. The lowest BCUT2D eigenvalue weighted by Gasteiger charge is -2.08. The van der Waals surface area contributed by atoms with Gasteiger partial charge in [0, 0.05) is 6.08 Å². The average molecular weight is 265 g/mol. The lowest BCUT2D eigenvalue weighted by molar-refractivity contribution is -0.113. The van der Waals surface area contributed by atoms with Crippen molar-refractivity contribution in [3.63, 3.8) is 0 Å². The Balaban J connectivity index is 2.15. The molecule has 0 unspecified atom stereocenters. The Labute approximate surface area is 118 Å². The highest BCUT2D eigenvalue weighted by Gasteiger charge is 2.13. The zero-order valence-corrected chi connectivity index (χ0v) is 11.5. The van der Waals surface area contributed by atoms with E-state index in [-0.39, 0.29) is 11.7 Å². The van der Waals surface area contributed by atoms with Crippen molar-refractivity contribution in [2.75, 3.05) is 0 Å². The molecule has 100 valence electrons. The third kappa shape index (κ3) is 3.48. The molecule has 0 fully saturated rings. The van der Waals surface area contributed by atoms with Crippen molar-refractivity contribution in [3.05, 3.63) is 65.3 Å². The summed E-state index contributed by atoms with van der Waals surface area (Å²) >= 11 is 0. The summed E-state index contributed by atoms with van der Waals surface area (Å²) in [6.07, 6.45) is 6.29. The number of amides is 1. The number of ketones is 1. The maximum absolute atomic E-state index is 11.8. The van der Waals surface area contributed by atoms with E-state index in [0.717, 1.165) is 5.56 Å². The minimum Gasteiger partial charge on any atom is -0.290 e. The van der Waals surface area contributed by atoms with Gasteiger partial charge in [-0.2, -0.15) is 0 Å². The van der Waals surface area contributed by atoms with Crippen LogP contribution in [0.5, 0.6) is 0 Å². The summed E-state index contributed by atoms with van der Waals surface area (Å²) in [6.45, 7) is 3.49. The molecule has 0 aromatic heterocycles. The minimum absolute atomic E-state index is 0.0336. The molecule has 0 bridgehead atoms. The second-order valence-corrected chi connectivity index (χ2v) is 4.60. The fourth-order valence-electron chi connectivity index (χ4n) is 1.78. The fourth-order valence-corrected chi connectivity index (χ4v) is 1.78. The van der Waals surface area contributed by atoms with Crippen molar-refractivity contribution in [1.82, 2.24) is 0 Å². The molecular weight excluding hydrogens is 250 g/mol. The first-order valence-electron chi connectivity index (χ1n) is 6.33. The number of carbonyl (C=O) groups is 2. The summed E-state index contributed by atoms with van der Waals surface area (Å²) in [7, 11) is 0. The number of aliphatic imine (C=N–C) groups is 1. The highest BCUT2D eigenvalue weighted by atomic mass is 16.1. The topological polar surface area (TPSA) is 46.5 Å². The van der Waals surface area contributed by atoms with Crippen LogP contribution in [-0.2, 0) is 9.59 Å². The van der Waals surface area contributed by atoms with Crippen LogP contribution >= 0.6 is 0 Å². The number of hydrogen-bond acceptors (Lipinski definition) is 2. The predicted octanol–water partition coefficient (Wildman–Crippen LogP) is 3.14. The van der Waals surface area contributed by atoms with E-state index in [9.17, 15) is 9.59 Å². The number of benzene rings is 1. The molecule has 1 aliphatic carbocycles. The van der Waals surface area contributed by atoms with E-state index in [1.54, 1.807) is 26.0 Å². The second-order valence-electron chi connectivity index (χ2n) is 4.60. The highest BCUT2D eigenvalue weighted by molar-refractivity contribution is 6.24. The third-order valence-corrected chi connectivity index (χ3v) is 2.94. The van der Waals surface area contributed by atoms with Crippen LogP contribution in [0.1, 0.15) is 19.4 Å². The Morgan fingerprint density at radius 2 is 1.75 bits per heavy atom. The van der Waals surface area contributed by atoms with Gasteiger partial charge in [0.1, 0.15) is 0 Å². The second kappa shape index (κ2) is 6.06. The summed E-state index contributed by atoms with van der Waals surface area (Å²) in [5, 5.41) is 0. The van der Waals surface area contributed by atoms with Gasteiger partial charge in [0.05, 0.1) is 5.71 Å². The molecule has 0 heterocycles. The normalized spacial score (nSPS) is 17.3. The van der Waals surface area contributed by atoms with Gasteiger partial charge in [-0.1, -0.05) is 30.3 Å². The number of nitrogens with zero attached hydrogens (tertiary/aromatic N) is 1. The Kier molecular flexibility index (Phi) is 4.20. The van der Waals surface area contributed by atoms with Gasteiger partial charge < -0.3 is 0 Å². The summed E-state index contributed by atoms with van der Waals surface area (Å²) in [6, 6.07) is 9.54. The number of rotatable bonds is 2. The van der Waals surface area contributed by atoms with E-state index in [2.05, 4.69) is 4.99 Å². The molecule has 20 heavy (non-hydrogen) atoms. The van der Waals surface area contributed by atoms with Crippen molar-refractivity contribution < 1.29 is 9.59 Å². The summed E-state index contributed by atoms with van der Waals surface area (Å²) in [4.78, 5) is 27.3. The molecule has 0 spiro atoms. The van der Waals surface area contributed by atoms with E-state index in [1.165, 1.54) is 12.2 Å². The van der Waals surface area contributed by atoms with E-state index >= 15 is 0 Å². The van der Waals surface area contributed by atoms with Crippen LogP contribution in [0.3, 0.4) is 0 Å². The van der Waals surface area contributed by atoms with E-state index < -0.39 is 0 Å². The van der Waals surface area contributed by atoms with Crippen LogP contribution in [0.2, 0.25) is 0 Å². The van der Waals surface area contributed by atoms with Gasteiger partial charge in [-0.25, -0.2) is 4.99 Å². The van der Waals surface area contributed by atoms with Crippen molar-refractivity contribution in [2.45, 2.75) is 13.8 Å². The van der Waals surface area contributed by atoms with Gasteiger partial charge in [0.15, 0.2) is 5.78 Å². The molecule has 1 aromatic rings. The van der Waals surface area contributed by atoms with Gasteiger partial charge in [-0.05, 0) is 48.8 Å². The van der Waals surface area contributed by atoms with Crippen LogP contribution in [0, 0.1) is 0 Å². The van der Waals surface area contributed by atoms with Crippen LogP contribution in [-0.4, -0.2) is 17.4 Å². The number of allylic oxidation sites excluding steroid dienone is 4. The highest BCUT2D eigenvalue weighted by Crippen LogP contribution is 2.12. The number of carbonyl (C=O) groups excluding carboxylic acids is 2. The van der Waals surface area contributed by atoms with Crippen molar-refractivity contribution in [2.24, 2.45) is 4.99 Å². The van der Waals surface area contributed by atoms with E-state index in [1.807, 2.05) is 30.3 Å². The van der Waals surface area contributed by atoms with E-state index in [0.29, 0.717) is 16.9 Å². The predicted molar refractivity (Wildman–Crippen MR) is 80.4 cm³/mol. The molecule has 3 heteroatoms. The number of hydrogen-bond donors (Lipinski definition) is 0. The van der Waals surface area contributed by atoms with Crippen LogP contribution in [0.15, 0.2) is 64.7 Å². The van der Waals surface area contributed by atoms with Crippen LogP contribution in [0.4, 0.5) is 0 Å². The molecular formula is C17H15NO2. The SMILES string of the molecule is CC1=CC(=NC(=O)C=Cc2ccccc2)C(C)=CC1=O. The Morgan fingerprint density at radius 1 is 1.05 bits per heavy atom. The molecule has 0 atom stereocenters. The zero-order valence-electron chi connectivity index (χ0n) is 11.5. The van der Waals surface area contributed by atoms with Gasteiger partial charge in [0.25, 0.3) is 5.91 Å². The van der Waals surface area contributed by atoms with Crippen LogP contribution < -0.4 is 0 Å². The monoisotopic (exact) mass is 265 g/mol. The minimum atomic E-state index is -0.338. The lowest BCUT2D eigenvalue weighted by Crippen LogP contribution is -2.11. The molecule has 3 nitrogen and oxygen atoms in total. The maximum Gasteiger partial charge on any atom is 0.270 e. The Bertz CT molecular complexity index is 661. The first kappa shape index (κ1) is 13.9. The average Bonchev–Trinajstić information content (AvgIpc) is 2.44. The standard InChI is InChI=1S/C17H15NO2/c1-12-11-16(19)13(2)10-15(12)18-17(20)9-8-14-6-4-3-5-7-14/h3-11H,1-2H3. The van der Waals surface area contributed by atoms with Crippen molar-refractivity contribution in [1.29, 1.82) is 0 Å². The Morgan fingerprint density at radius 3 is 2.45 bits per heavy atom. The fraction of sp³-hybridized carbons (Fsp3) is 0.118. The largest absolute Gasteiger partial charge is 0.290 e. The molecule has 1 aromatic carbocycles. The van der Waals surface area contributed by atoms with Crippen LogP contribution in [0.25, 0.3) is 6.08 Å². The molecule has 0 N–H and O–H groups in total. The summed E-state index contributed by atoms with van der Waals surface area (Å²) in [5.74, 6) is -0.372. The van der Waals surface area contributed by atoms with Gasteiger partial charge in [-0.15, -0.1) is 0 Å². The quantitative estimate of drug-likeness (QED) is 0.609. The summed E-state index contributed by atoms with van der Waals surface area (Å²) in [5.41, 5.74) is 2.79. The molecule has 2 rings (SSSR count). The first-order valence-corrected chi connectivity index (χ1v) is 6.33. The zero-order chi connectivity index (χ0) is 14.5. The molecule has 1 aliphatic rings. The molecule has 1 amide bonds. The van der Waals surface area contributed by atoms with Crippen molar-refractivity contribution >= 4 is 23.5 Å². The van der Waals surface area contributed by atoms with Crippen molar-refractivity contribution in [3.8, 4) is 0 Å². The molecule has 0 radical (unpaired) electrons. The van der Waals surface area contributed by atoms with Gasteiger partial charge in [0.2, 0.25) is 0 Å². The van der Waals surface area contributed by atoms with E-state index in [4.69, 9.17) is 0 Å². The molecule has 0 saturated carbocycles. The third-order valence-electron chi connectivity index (χ3n) is 2.94. The molecule has 0 aliphatic heterocycles. The summed E-state index contributed by atoms with van der Waals surface area (Å²) < 4.78 is 0. The molecule has 0 saturated heterocycles. The lowest BCUT2D eigenvalue weighted by atomic mass is 9.99. The Hall–Kier alpha value is -2.55.